The van der Waals surface area contributed by atoms with Gasteiger partial charge in [-0.3, -0.25) is 24.6 Å². The number of hydrogen-bond acceptors (Lipinski definition) is 5. The first-order chi connectivity index (χ1) is 12.9. The molecule has 27 heavy (non-hydrogen) atoms. The average Bonchev–Trinajstić information content (AvgIpc) is 2.87. The number of benzene rings is 2. The van der Waals surface area contributed by atoms with Crippen LogP contribution in [0.3, 0.4) is 0 Å². The van der Waals surface area contributed by atoms with Crippen LogP contribution in [0.25, 0.3) is 0 Å². The summed E-state index contributed by atoms with van der Waals surface area (Å²) in [5.41, 5.74) is 3.62. The minimum Gasteiger partial charge on any atom is -0.325 e. The van der Waals surface area contributed by atoms with E-state index in [1.807, 2.05) is 0 Å². The van der Waals surface area contributed by atoms with Crippen molar-refractivity contribution in [2.75, 3.05) is 26.0 Å². The van der Waals surface area contributed by atoms with E-state index >= 15 is 0 Å². The van der Waals surface area contributed by atoms with E-state index in [1.54, 1.807) is 43.3 Å². The van der Waals surface area contributed by atoms with Gasteiger partial charge in [0.15, 0.2) is 0 Å². The SMILES string of the molecule is CN(C)CC(=O)Nc1ccc(C(=O)NN2C(=O)c3ccccc3C2=O)cc1. The zero-order chi connectivity index (χ0) is 19.6. The Kier molecular flexibility index (Phi) is 5.00. The van der Waals surface area contributed by atoms with Crippen LogP contribution in [-0.4, -0.2) is 54.2 Å². The summed E-state index contributed by atoms with van der Waals surface area (Å²) >= 11 is 0. The third-order valence-electron chi connectivity index (χ3n) is 3.90. The molecular formula is C19H18N4O4. The van der Waals surface area contributed by atoms with E-state index in [2.05, 4.69) is 10.7 Å². The van der Waals surface area contributed by atoms with E-state index in [0.29, 0.717) is 10.7 Å². The molecule has 0 spiro atoms. The van der Waals surface area contributed by atoms with Crippen LogP contribution < -0.4 is 10.7 Å². The highest BCUT2D eigenvalue weighted by Crippen LogP contribution is 2.21. The topological polar surface area (TPSA) is 98.8 Å². The minimum absolute atomic E-state index is 0.178. The zero-order valence-corrected chi connectivity index (χ0v) is 14.9. The lowest BCUT2D eigenvalue weighted by Crippen LogP contribution is -2.45. The Morgan fingerprint density at radius 1 is 0.926 bits per heavy atom. The molecule has 0 radical (unpaired) electrons. The number of nitrogens with zero attached hydrogens (tertiary/aromatic N) is 2. The second kappa shape index (κ2) is 7.38. The molecule has 8 heteroatoms. The van der Waals surface area contributed by atoms with Crippen molar-refractivity contribution in [3.63, 3.8) is 0 Å². The summed E-state index contributed by atoms with van der Waals surface area (Å²) in [6.07, 6.45) is 0. The van der Waals surface area contributed by atoms with Crippen molar-refractivity contribution >= 4 is 29.3 Å². The maximum absolute atomic E-state index is 12.4. The van der Waals surface area contributed by atoms with Crippen molar-refractivity contribution in [2.45, 2.75) is 0 Å². The van der Waals surface area contributed by atoms with Gasteiger partial charge in [0.2, 0.25) is 5.91 Å². The van der Waals surface area contributed by atoms with Crippen LogP contribution in [-0.2, 0) is 4.79 Å². The van der Waals surface area contributed by atoms with E-state index in [1.165, 1.54) is 24.3 Å². The van der Waals surface area contributed by atoms with Crippen LogP contribution in [0.2, 0.25) is 0 Å². The minimum atomic E-state index is -0.601. The van der Waals surface area contributed by atoms with Gasteiger partial charge in [0.05, 0.1) is 17.7 Å². The first-order valence-electron chi connectivity index (χ1n) is 8.20. The molecule has 138 valence electrons. The molecule has 1 heterocycles. The van der Waals surface area contributed by atoms with E-state index < -0.39 is 17.7 Å². The van der Waals surface area contributed by atoms with Crippen molar-refractivity contribution in [3.05, 3.63) is 65.2 Å². The lowest BCUT2D eigenvalue weighted by Gasteiger charge is -2.15. The monoisotopic (exact) mass is 366 g/mol. The smallest absolute Gasteiger partial charge is 0.280 e. The Morgan fingerprint density at radius 2 is 1.48 bits per heavy atom. The predicted molar refractivity (Wildman–Crippen MR) is 98.0 cm³/mol. The first-order valence-corrected chi connectivity index (χ1v) is 8.20. The van der Waals surface area contributed by atoms with Crippen molar-refractivity contribution in [2.24, 2.45) is 0 Å². The summed E-state index contributed by atoms with van der Waals surface area (Å²) in [6, 6.07) is 12.5. The number of likely N-dealkylation sites (N-methyl/N-ethyl adjacent to an activating group) is 1. The number of imide groups is 1. The maximum atomic E-state index is 12.4. The number of amides is 4. The van der Waals surface area contributed by atoms with Gasteiger partial charge in [-0.05, 0) is 50.5 Å². The molecule has 8 nitrogen and oxygen atoms in total. The van der Waals surface area contributed by atoms with Crippen LogP contribution in [0.4, 0.5) is 5.69 Å². The van der Waals surface area contributed by atoms with E-state index in [9.17, 15) is 19.2 Å². The summed E-state index contributed by atoms with van der Waals surface area (Å²) in [5.74, 6) is -1.92. The molecule has 4 amide bonds. The highest BCUT2D eigenvalue weighted by molar-refractivity contribution is 6.22. The summed E-state index contributed by atoms with van der Waals surface area (Å²) in [6.45, 7) is 0.238. The number of hydrazine groups is 1. The van der Waals surface area contributed by atoms with Crippen LogP contribution in [0.1, 0.15) is 31.1 Å². The summed E-state index contributed by atoms with van der Waals surface area (Å²) < 4.78 is 0. The number of nitrogens with one attached hydrogen (secondary N) is 2. The number of carbonyl (C=O) groups excluding carboxylic acids is 4. The van der Waals surface area contributed by atoms with Gasteiger partial charge in [-0.15, -0.1) is 0 Å². The summed E-state index contributed by atoms with van der Waals surface area (Å²) in [4.78, 5) is 50.4. The molecule has 2 aromatic carbocycles. The fourth-order valence-corrected chi connectivity index (χ4v) is 2.65. The third-order valence-corrected chi connectivity index (χ3v) is 3.90. The fraction of sp³-hybridized carbons (Fsp3) is 0.158. The highest BCUT2D eigenvalue weighted by Gasteiger charge is 2.36. The van der Waals surface area contributed by atoms with Crippen molar-refractivity contribution in [1.82, 2.24) is 15.3 Å². The quantitative estimate of drug-likeness (QED) is 0.773. The van der Waals surface area contributed by atoms with Gasteiger partial charge in [-0.2, -0.15) is 5.01 Å². The van der Waals surface area contributed by atoms with E-state index in [4.69, 9.17) is 0 Å². The van der Waals surface area contributed by atoms with E-state index in [0.717, 1.165) is 0 Å². The van der Waals surface area contributed by atoms with Gasteiger partial charge in [0.25, 0.3) is 17.7 Å². The van der Waals surface area contributed by atoms with Crippen LogP contribution in [0, 0.1) is 0 Å². The Morgan fingerprint density at radius 3 is 2.00 bits per heavy atom. The number of hydrogen-bond donors (Lipinski definition) is 2. The molecule has 1 aliphatic heterocycles. The predicted octanol–water partition coefficient (Wildman–Crippen LogP) is 1.13. The normalized spacial score (nSPS) is 12.9. The molecule has 0 unspecified atom stereocenters. The van der Waals surface area contributed by atoms with Crippen LogP contribution in [0.5, 0.6) is 0 Å². The summed E-state index contributed by atoms with van der Waals surface area (Å²) in [7, 11) is 3.57. The number of anilines is 1. The molecule has 1 aliphatic rings. The molecule has 2 aromatic rings. The molecule has 2 N–H and O–H groups in total. The lowest BCUT2D eigenvalue weighted by atomic mass is 10.1. The molecule has 0 fully saturated rings. The Balaban J connectivity index is 1.66. The van der Waals surface area contributed by atoms with Gasteiger partial charge >= 0.3 is 0 Å². The van der Waals surface area contributed by atoms with Crippen molar-refractivity contribution < 1.29 is 19.2 Å². The highest BCUT2D eigenvalue weighted by atomic mass is 16.2. The van der Waals surface area contributed by atoms with Gasteiger partial charge < -0.3 is 10.2 Å². The second-order valence-electron chi connectivity index (χ2n) is 6.30. The molecule has 0 saturated carbocycles. The average molecular weight is 366 g/mol. The van der Waals surface area contributed by atoms with Gasteiger partial charge in [0.1, 0.15) is 0 Å². The molecule has 0 atom stereocenters. The molecular weight excluding hydrogens is 348 g/mol. The van der Waals surface area contributed by atoms with Crippen molar-refractivity contribution in [3.8, 4) is 0 Å². The molecule has 0 saturated heterocycles. The largest absolute Gasteiger partial charge is 0.325 e. The fourth-order valence-electron chi connectivity index (χ4n) is 2.65. The first kappa shape index (κ1) is 18.3. The summed E-state index contributed by atoms with van der Waals surface area (Å²) in [5, 5.41) is 3.42. The van der Waals surface area contributed by atoms with Crippen LogP contribution >= 0.6 is 0 Å². The van der Waals surface area contributed by atoms with Crippen molar-refractivity contribution in [1.29, 1.82) is 0 Å². The standard InChI is InChI=1S/C19H18N4O4/c1-22(2)11-16(24)20-13-9-7-12(8-10-13)17(25)21-23-18(26)14-5-3-4-6-15(14)19(23)27/h3-10H,11H2,1-2H3,(H,20,24)(H,21,25). The Hall–Kier alpha value is -3.52. The maximum Gasteiger partial charge on any atom is 0.280 e. The van der Waals surface area contributed by atoms with Crippen LogP contribution in [0.15, 0.2) is 48.5 Å². The number of fused-ring (bicyclic) bond motifs is 1. The molecule has 0 aliphatic carbocycles. The molecule has 0 aromatic heterocycles. The van der Waals surface area contributed by atoms with Gasteiger partial charge in [0, 0.05) is 11.3 Å². The van der Waals surface area contributed by atoms with Gasteiger partial charge in [-0.25, -0.2) is 0 Å². The second-order valence-corrected chi connectivity index (χ2v) is 6.30. The molecule has 3 rings (SSSR count). The Bertz CT molecular complexity index is 887. The third kappa shape index (κ3) is 3.85. The zero-order valence-electron chi connectivity index (χ0n) is 14.9. The lowest BCUT2D eigenvalue weighted by molar-refractivity contribution is -0.116. The number of carbonyl (C=O) groups is 4. The Labute approximate surface area is 155 Å². The molecule has 0 bridgehead atoms. The van der Waals surface area contributed by atoms with Gasteiger partial charge in [-0.1, -0.05) is 12.1 Å². The number of rotatable bonds is 5. The van der Waals surface area contributed by atoms with E-state index in [-0.39, 0.29) is 29.1 Å².